The van der Waals surface area contributed by atoms with Gasteiger partial charge in [-0.3, -0.25) is 14.1 Å². The molecule has 0 aromatic heterocycles. The van der Waals surface area contributed by atoms with Crippen LogP contribution >= 0.6 is 0 Å². The summed E-state index contributed by atoms with van der Waals surface area (Å²) in [7, 11) is -4.39. The minimum Gasteiger partial charge on any atom is -0.464 e. The van der Waals surface area contributed by atoms with Gasteiger partial charge in [-0.1, -0.05) is 6.92 Å². The Morgan fingerprint density at radius 1 is 1.15 bits per heavy atom. The molecule has 4 bridgehead atoms. The predicted molar refractivity (Wildman–Crippen MR) is 97.4 cm³/mol. The molecule has 0 aromatic carbocycles. The summed E-state index contributed by atoms with van der Waals surface area (Å²) in [4.78, 5) is 24.4. The second-order valence-corrected chi connectivity index (χ2v) is 11.1. The summed E-state index contributed by atoms with van der Waals surface area (Å²) in [6.45, 7) is 5.87. The van der Waals surface area contributed by atoms with E-state index >= 15 is 0 Å². The molecule has 0 aliphatic heterocycles. The largest absolute Gasteiger partial charge is 0.464 e. The zero-order chi connectivity index (χ0) is 20.1. The van der Waals surface area contributed by atoms with Crippen molar-refractivity contribution in [3.63, 3.8) is 0 Å². The van der Waals surface area contributed by atoms with Crippen molar-refractivity contribution in [2.24, 2.45) is 22.7 Å². The topological polar surface area (TPSA) is 107 Å². The highest BCUT2D eigenvalue weighted by molar-refractivity contribution is 7.86. The Labute approximate surface area is 160 Å². The van der Waals surface area contributed by atoms with Gasteiger partial charge in [-0.15, -0.1) is 0 Å². The van der Waals surface area contributed by atoms with Crippen LogP contribution in [0.15, 0.2) is 0 Å². The standard InChI is InChI=1S/C19H30O7S/c1-4-17(2,3)16(21)26-19-8-13-5-14(9-19)7-18(6-13,11-19)12-25-15(20)10-27(22,23)24/h13-14H,4-12H2,1-3H3,(H,22,23,24). The SMILES string of the molecule is CCC(C)(C)C(=O)OC12CC3CC(CC(COC(=O)CS(=O)(=O)O)(C3)C1)C2. The van der Waals surface area contributed by atoms with Gasteiger partial charge in [0, 0.05) is 5.41 Å². The van der Waals surface area contributed by atoms with Gasteiger partial charge < -0.3 is 9.47 Å². The highest BCUT2D eigenvalue weighted by atomic mass is 32.2. The molecule has 4 saturated carbocycles. The van der Waals surface area contributed by atoms with Crippen molar-refractivity contribution >= 4 is 22.1 Å². The van der Waals surface area contributed by atoms with Crippen LogP contribution in [0.2, 0.25) is 0 Å². The zero-order valence-corrected chi connectivity index (χ0v) is 17.1. The molecule has 0 radical (unpaired) electrons. The first-order valence-electron chi connectivity index (χ1n) is 9.70. The fourth-order valence-corrected chi connectivity index (χ4v) is 5.94. The highest BCUT2D eigenvalue weighted by Crippen LogP contribution is 2.63. The van der Waals surface area contributed by atoms with Gasteiger partial charge in [0.15, 0.2) is 5.75 Å². The lowest BCUT2D eigenvalue weighted by molar-refractivity contribution is -0.216. The normalized spacial score (nSPS) is 35.1. The molecule has 0 spiro atoms. The Kier molecular flexibility index (Phi) is 5.13. The molecular weight excluding hydrogens is 372 g/mol. The summed E-state index contributed by atoms with van der Waals surface area (Å²) in [6.07, 6.45) is 5.98. The van der Waals surface area contributed by atoms with Crippen molar-refractivity contribution in [2.45, 2.75) is 71.3 Å². The third kappa shape index (κ3) is 4.47. The summed E-state index contributed by atoms with van der Waals surface area (Å²) in [6, 6.07) is 0. The van der Waals surface area contributed by atoms with Crippen LogP contribution in [-0.2, 0) is 29.2 Å². The van der Waals surface area contributed by atoms with Crippen molar-refractivity contribution in [2.75, 3.05) is 12.4 Å². The number of carbonyl (C=O) groups excluding carboxylic acids is 2. The molecule has 7 nitrogen and oxygen atoms in total. The van der Waals surface area contributed by atoms with Crippen molar-refractivity contribution in [3.8, 4) is 0 Å². The summed E-state index contributed by atoms with van der Waals surface area (Å²) in [5.41, 5.74) is -1.29. The fourth-order valence-electron chi connectivity index (χ4n) is 5.56. The first-order valence-corrected chi connectivity index (χ1v) is 11.3. The molecular formula is C19H30O7S. The van der Waals surface area contributed by atoms with Gasteiger partial charge in [-0.25, -0.2) is 0 Å². The number of hydrogen-bond acceptors (Lipinski definition) is 6. The molecule has 4 rings (SSSR count). The second kappa shape index (κ2) is 6.72. The van der Waals surface area contributed by atoms with E-state index in [2.05, 4.69) is 0 Å². The van der Waals surface area contributed by atoms with E-state index in [-0.39, 0.29) is 18.0 Å². The third-order valence-corrected chi connectivity index (χ3v) is 7.31. The summed E-state index contributed by atoms with van der Waals surface area (Å²) < 4.78 is 41.8. The zero-order valence-electron chi connectivity index (χ0n) is 16.3. The van der Waals surface area contributed by atoms with Crippen LogP contribution in [-0.4, -0.2) is 42.9 Å². The monoisotopic (exact) mass is 402 g/mol. The molecule has 0 aromatic rings. The summed E-state index contributed by atoms with van der Waals surface area (Å²) in [5.74, 6) is -1.27. The fraction of sp³-hybridized carbons (Fsp3) is 0.895. The smallest absolute Gasteiger partial charge is 0.323 e. The van der Waals surface area contributed by atoms with Crippen LogP contribution in [0.1, 0.15) is 65.7 Å². The van der Waals surface area contributed by atoms with Crippen LogP contribution in [0.5, 0.6) is 0 Å². The summed E-state index contributed by atoms with van der Waals surface area (Å²) in [5, 5.41) is 0. The minimum atomic E-state index is -4.39. The molecule has 4 fully saturated rings. The van der Waals surface area contributed by atoms with E-state index in [1.54, 1.807) is 0 Å². The van der Waals surface area contributed by atoms with E-state index < -0.39 is 32.9 Å². The summed E-state index contributed by atoms with van der Waals surface area (Å²) >= 11 is 0. The van der Waals surface area contributed by atoms with Crippen LogP contribution in [0.3, 0.4) is 0 Å². The maximum Gasteiger partial charge on any atom is 0.323 e. The number of esters is 2. The van der Waals surface area contributed by atoms with E-state index in [4.69, 9.17) is 14.0 Å². The Morgan fingerprint density at radius 3 is 2.26 bits per heavy atom. The Morgan fingerprint density at radius 2 is 1.74 bits per heavy atom. The molecule has 0 saturated heterocycles. The predicted octanol–water partition coefficient (Wildman–Crippen LogP) is 2.74. The molecule has 0 amide bonds. The van der Waals surface area contributed by atoms with Crippen molar-refractivity contribution < 1.29 is 32.0 Å². The van der Waals surface area contributed by atoms with Gasteiger partial charge in [0.05, 0.1) is 12.0 Å². The second-order valence-electron chi connectivity index (χ2n) is 9.66. The average Bonchev–Trinajstić information content (AvgIpc) is 2.49. The van der Waals surface area contributed by atoms with Crippen LogP contribution in [0.4, 0.5) is 0 Å². The molecule has 0 heterocycles. The van der Waals surface area contributed by atoms with Crippen LogP contribution < -0.4 is 0 Å². The maximum atomic E-state index is 12.7. The van der Waals surface area contributed by atoms with Crippen molar-refractivity contribution in [1.82, 2.24) is 0 Å². The van der Waals surface area contributed by atoms with Gasteiger partial charge >= 0.3 is 11.9 Å². The molecule has 154 valence electrons. The lowest BCUT2D eigenvalue weighted by atomic mass is 9.48. The van der Waals surface area contributed by atoms with Gasteiger partial charge in [-0.2, -0.15) is 8.42 Å². The first kappa shape index (κ1) is 20.6. The lowest BCUT2D eigenvalue weighted by Crippen LogP contribution is -2.59. The third-order valence-electron chi connectivity index (χ3n) is 6.71. The van der Waals surface area contributed by atoms with E-state index in [0.717, 1.165) is 32.1 Å². The Balaban J connectivity index is 1.71. The van der Waals surface area contributed by atoms with E-state index in [0.29, 0.717) is 24.7 Å². The molecule has 1 N–H and O–H groups in total. The number of rotatable bonds is 7. The van der Waals surface area contributed by atoms with Crippen molar-refractivity contribution in [3.05, 3.63) is 0 Å². The van der Waals surface area contributed by atoms with E-state index in [1.807, 2.05) is 20.8 Å². The van der Waals surface area contributed by atoms with Crippen molar-refractivity contribution in [1.29, 1.82) is 0 Å². The molecule has 8 heteroatoms. The molecule has 4 aliphatic rings. The van der Waals surface area contributed by atoms with Gasteiger partial charge in [-0.05, 0) is 70.6 Å². The minimum absolute atomic E-state index is 0.116. The molecule has 27 heavy (non-hydrogen) atoms. The van der Waals surface area contributed by atoms with Crippen LogP contribution in [0.25, 0.3) is 0 Å². The van der Waals surface area contributed by atoms with Gasteiger partial charge in [0.25, 0.3) is 10.1 Å². The molecule has 2 unspecified atom stereocenters. The van der Waals surface area contributed by atoms with Crippen LogP contribution in [0, 0.1) is 22.7 Å². The first-order chi connectivity index (χ1) is 12.4. The lowest BCUT2D eigenvalue weighted by Gasteiger charge is -2.61. The number of carbonyl (C=O) groups is 2. The quantitative estimate of drug-likeness (QED) is 0.515. The molecule has 2 atom stereocenters. The highest BCUT2D eigenvalue weighted by Gasteiger charge is 2.60. The van der Waals surface area contributed by atoms with E-state index in [9.17, 15) is 18.0 Å². The number of ether oxygens (including phenoxy) is 2. The maximum absolute atomic E-state index is 12.7. The van der Waals surface area contributed by atoms with Gasteiger partial charge in [0.1, 0.15) is 5.60 Å². The Hall–Kier alpha value is -1.15. The van der Waals surface area contributed by atoms with Gasteiger partial charge in [0.2, 0.25) is 0 Å². The average molecular weight is 403 g/mol. The Bertz CT molecular complexity index is 710. The van der Waals surface area contributed by atoms with E-state index in [1.165, 1.54) is 0 Å². The molecule has 4 aliphatic carbocycles. The number of hydrogen-bond donors (Lipinski definition) is 1.